The molecule has 1 atom stereocenters. The number of fused-ring (bicyclic) bond motifs is 1. The van der Waals surface area contributed by atoms with Crippen LogP contribution in [0.4, 0.5) is 16.6 Å². The van der Waals surface area contributed by atoms with Crippen LogP contribution in [-0.4, -0.2) is 77.8 Å². The van der Waals surface area contributed by atoms with E-state index in [4.69, 9.17) is 24.9 Å². The normalized spacial score (nSPS) is 15.4. The minimum Gasteiger partial charge on any atom is -0.493 e. The average Bonchev–Trinajstić information content (AvgIpc) is 2.90. The summed E-state index contributed by atoms with van der Waals surface area (Å²) in [4.78, 5) is 38.9. The summed E-state index contributed by atoms with van der Waals surface area (Å²) < 4.78 is 16.3. The number of piperazine rings is 1. The molecule has 2 amide bonds. The molecule has 12 heteroatoms. The molecule has 5 N–H and O–H groups in total. The lowest BCUT2D eigenvalue weighted by molar-refractivity contribution is -0.127. The van der Waals surface area contributed by atoms with Crippen molar-refractivity contribution < 1.29 is 29.3 Å². The highest BCUT2D eigenvalue weighted by Crippen LogP contribution is 2.34. The highest BCUT2D eigenvalue weighted by molar-refractivity contribution is 5.92. The Kier molecular flexibility index (Phi) is 9.02. The molecule has 2 heterocycles. The van der Waals surface area contributed by atoms with E-state index in [2.05, 4.69) is 10.3 Å². The van der Waals surface area contributed by atoms with Crippen LogP contribution in [0.1, 0.15) is 26.3 Å². The molecule has 39 heavy (non-hydrogen) atoms. The maximum Gasteiger partial charge on any atom is 0.410 e. The maximum atomic E-state index is 13.3. The van der Waals surface area contributed by atoms with E-state index in [-0.39, 0.29) is 36.9 Å². The standard InChI is InChI=1S/C27H34N6O5.H2O/c1-27(2,3)31-24(34)20-15-32(11-12-33(20)26(35)38-16-17-9-7-6-8-10-17)25-29-19-14-22(37-5)21(36-4)13-18(19)23(28)30-25;/h6-10,13-14,20H,11-12,15-16H2,1-5H3,(H,31,34)(H2,28,29,30);1H2. The molecule has 1 fully saturated rings. The van der Waals surface area contributed by atoms with Crippen LogP contribution in [0.5, 0.6) is 11.5 Å². The van der Waals surface area contributed by atoms with Crippen LogP contribution in [0.2, 0.25) is 0 Å². The van der Waals surface area contributed by atoms with Gasteiger partial charge in [0.15, 0.2) is 11.5 Å². The van der Waals surface area contributed by atoms with Gasteiger partial charge in [0.05, 0.1) is 26.3 Å². The van der Waals surface area contributed by atoms with Gasteiger partial charge in [-0.05, 0) is 32.4 Å². The van der Waals surface area contributed by atoms with Crippen molar-refractivity contribution in [3.8, 4) is 11.5 Å². The number of benzene rings is 2. The zero-order chi connectivity index (χ0) is 27.4. The molecule has 0 spiro atoms. The minimum absolute atomic E-state index is 0. The van der Waals surface area contributed by atoms with E-state index in [1.54, 1.807) is 26.4 Å². The van der Waals surface area contributed by atoms with Crippen LogP contribution in [0.15, 0.2) is 42.5 Å². The summed E-state index contributed by atoms with van der Waals surface area (Å²) in [6.07, 6.45) is -0.557. The predicted octanol–water partition coefficient (Wildman–Crippen LogP) is 2.15. The molecule has 210 valence electrons. The Balaban J connectivity index is 0.00000420. The summed E-state index contributed by atoms with van der Waals surface area (Å²) >= 11 is 0. The van der Waals surface area contributed by atoms with E-state index >= 15 is 0 Å². The van der Waals surface area contributed by atoms with Crippen LogP contribution in [0.25, 0.3) is 10.9 Å². The summed E-state index contributed by atoms with van der Waals surface area (Å²) in [6.45, 7) is 6.57. The zero-order valence-corrected chi connectivity index (χ0v) is 22.9. The average molecular weight is 541 g/mol. The van der Waals surface area contributed by atoms with Crippen LogP contribution >= 0.6 is 0 Å². The van der Waals surface area contributed by atoms with Crippen molar-refractivity contribution in [1.29, 1.82) is 0 Å². The largest absolute Gasteiger partial charge is 0.493 e. The molecular formula is C27H36N6O6. The van der Waals surface area contributed by atoms with E-state index in [9.17, 15) is 9.59 Å². The third-order valence-electron chi connectivity index (χ3n) is 6.12. The number of amides is 2. The molecule has 2 aromatic carbocycles. The fraction of sp³-hybridized carbons (Fsp3) is 0.407. The lowest BCUT2D eigenvalue weighted by atomic mass is 10.1. The SMILES string of the molecule is COc1cc2nc(N3CCN(C(=O)OCc4ccccc4)C(C(=O)NC(C)(C)C)C3)nc(N)c2cc1OC.O. The molecule has 1 aliphatic heterocycles. The Morgan fingerprint density at radius 3 is 2.36 bits per heavy atom. The second kappa shape index (κ2) is 12.0. The number of methoxy groups -OCH3 is 2. The topological polar surface area (TPSA) is 164 Å². The van der Waals surface area contributed by atoms with Gasteiger partial charge in [0.25, 0.3) is 0 Å². The van der Waals surface area contributed by atoms with Crippen molar-refractivity contribution in [2.24, 2.45) is 0 Å². The Morgan fingerprint density at radius 1 is 1.05 bits per heavy atom. The second-order valence-corrected chi connectivity index (χ2v) is 10.1. The maximum absolute atomic E-state index is 13.3. The Labute approximate surface area is 227 Å². The van der Waals surface area contributed by atoms with Crippen molar-refractivity contribution in [2.45, 2.75) is 39.0 Å². The number of rotatable bonds is 6. The van der Waals surface area contributed by atoms with E-state index in [0.29, 0.717) is 34.9 Å². The first-order valence-corrected chi connectivity index (χ1v) is 12.3. The van der Waals surface area contributed by atoms with E-state index in [1.165, 1.54) is 4.90 Å². The zero-order valence-electron chi connectivity index (χ0n) is 22.9. The van der Waals surface area contributed by atoms with Crippen LogP contribution < -0.4 is 25.4 Å². The summed E-state index contributed by atoms with van der Waals surface area (Å²) in [5.74, 6) is 1.36. The van der Waals surface area contributed by atoms with Gasteiger partial charge in [0.2, 0.25) is 11.9 Å². The van der Waals surface area contributed by atoms with E-state index in [0.717, 1.165) is 5.56 Å². The number of hydrogen-bond acceptors (Lipinski definition) is 9. The molecule has 0 radical (unpaired) electrons. The number of aromatic nitrogens is 2. The molecule has 4 rings (SSSR count). The first-order chi connectivity index (χ1) is 18.1. The molecule has 1 saturated heterocycles. The summed E-state index contributed by atoms with van der Waals surface area (Å²) in [5.41, 5.74) is 7.24. The summed E-state index contributed by atoms with van der Waals surface area (Å²) in [6, 6.07) is 12.0. The molecule has 12 nitrogen and oxygen atoms in total. The monoisotopic (exact) mass is 540 g/mol. The molecule has 1 aromatic heterocycles. The van der Waals surface area contributed by atoms with Gasteiger partial charge in [-0.3, -0.25) is 9.69 Å². The van der Waals surface area contributed by atoms with Gasteiger partial charge in [-0.1, -0.05) is 30.3 Å². The first-order valence-electron chi connectivity index (χ1n) is 12.3. The van der Waals surface area contributed by atoms with Crippen molar-refractivity contribution in [2.75, 3.05) is 44.5 Å². The number of nitrogens with one attached hydrogen (secondary N) is 1. The van der Waals surface area contributed by atoms with E-state index in [1.807, 2.05) is 56.0 Å². The number of carbonyl (C=O) groups is 2. The van der Waals surface area contributed by atoms with Gasteiger partial charge in [0.1, 0.15) is 18.5 Å². The summed E-state index contributed by atoms with van der Waals surface area (Å²) in [7, 11) is 3.09. The number of nitrogen functional groups attached to an aromatic ring is 1. The van der Waals surface area contributed by atoms with Crippen LogP contribution in [0.3, 0.4) is 0 Å². The van der Waals surface area contributed by atoms with Gasteiger partial charge in [-0.2, -0.15) is 4.98 Å². The van der Waals surface area contributed by atoms with Gasteiger partial charge in [0, 0.05) is 30.1 Å². The van der Waals surface area contributed by atoms with Gasteiger partial charge < -0.3 is 35.6 Å². The fourth-order valence-corrected chi connectivity index (χ4v) is 4.27. The van der Waals surface area contributed by atoms with Crippen molar-refractivity contribution in [3.63, 3.8) is 0 Å². The quantitative estimate of drug-likeness (QED) is 0.477. The van der Waals surface area contributed by atoms with Crippen molar-refractivity contribution >= 4 is 34.7 Å². The minimum atomic E-state index is -0.822. The van der Waals surface area contributed by atoms with Gasteiger partial charge >= 0.3 is 6.09 Å². The fourth-order valence-electron chi connectivity index (χ4n) is 4.27. The van der Waals surface area contributed by atoms with Crippen LogP contribution in [0, 0.1) is 0 Å². The molecular weight excluding hydrogens is 504 g/mol. The van der Waals surface area contributed by atoms with E-state index < -0.39 is 17.7 Å². The Hall–Kier alpha value is -4.32. The highest BCUT2D eigenvalue weighted by atomic mass is 16.6. The third kappa shape index (κ3) is 6.77. The molecule has 0 bridgehead atoms. The number of hydrogen-bond donors (Lipinski definition) is 2. The molecule has 1 unspecified atom stereocenters. The first kappa shape index (κ1) is 29.2. The number of anilines is 2. The van der Waals surface area contributed by atoms with Gasteiger partial charge in [-0.25, -0.2) is 9.78 Å². The highest BCUT2D eigenvalue weighted by Gasteiger charge is 2.38. The second-order valence-electron chi connectivity index (χ2n) is 10.1. The Bertz CT molecular complexity index is 1310. The van der Waals surface area contributed by atoms with Gasteiger partial charge in [-0.15, -0.1) is 0 Å². The van der Waals surface area contributed by atoms with Crippen molar-refractivity contribution in [3.05, 3.63) is 48.0 Å². The smallest absolute Gasteiger partial charge is 0.410 e. The Morgan fingerprint density at radius 2 is 1.72 bits per heavy atom. The molecule has 0 aliphatic carbocycles. The molecule has 0 saturated carbocycles. The third-order valence-corrected chi connectivity index (χ3v) is 6.12. The number of nitrogens with zero attached hydrogens (tertiary/aromatic N) is 4. The lowest BCUT2D eigenvalue weighted by Crippen LogP contribution is -2.62. The van der Waals surface area contributed by atoms with Crippen molar-refractivity contribution in [1.82, 2.24) is 20.2 Å². The number of carbonyl (C=O) groups excluding carboxylic acids is 2. The molecule has 3 aromatic rings. The van der Waals surface area contributed by atoms with Crippen LogP contribution in [-0.2, 0) is 16.1 Å². The lowest BCUT2D eigenvalue weighted by Gasteiger charge is -2.40. The number of nitrogens with two attached hydrogens (primary N) is 1. The predicted molar refractivity (Wildman–Crippen MR) is 148 cm³/mol. The molecule has 1 aliphatic rings. The number of ether oxygens (including phenoxy) is 3. The summed E-state index contributed by atoms with van der Waals surface area (Å²) in [5, 5.41) is 3.60.